The van der Waals surface area contributed by atoms with Crippen LogP contribution in [-0.4, -0.2) is 27.3 Å². The van der Waals surface area contributed by atoms with Gasteiger partial charge in [-0.2, -0.15) is 0 Å². The summed E-state index contributed by atoms with van der Waals surface area (Å²) in [6, 6.07) is 18.1. The van der Waals surface area contributed by atoms with E-state index in [9.17, 15) is 4.79 Å². The number of amides is 1. The predicted octanol–water partition coefficient (Wildman–Crippen LogP) is 5.20. The van der Waals surface area contributed by atoms with Crippen molar-refractivity contribution in [2.45, 2.75) is 13.5 Å². The standard InChI is InChI=1S/C21H19N3OS.H2/c1-2-24(14-15-6-4-3-5-7-15)21(25)19-9-8-18(26-19)16-10-12-22-20-17(16)11-13-23-20;/h3-13H,2,14H2,1H3,(H,22,23);1H. The van der Waals surface area contributed by atoms with E-state index in [1.54, 1.807) is 6.20 Å². The van der Waals surface area contributed by atoms with Crippen LogP contribution >= 0.6 is 11.3 Å². The summed E-state index contributed by atoms with van der Waals surface area (Å²) < 4.78 is 0. The Kier molecular flexibility index (Phi) is 4.54. The molecule has 3 aromatic heterocycles. The Morgan fingerprint density at radius 2 is 2.00 bits per heavy atom. The number of benzene rings is 1. The molecule has 0 saturated carbocycles. The van der Waals surface area contributed by atoms with Crippen LogP contribution in [0.15, 0.2) is 67.0 Å². The lowest BCUT2D eigenvalue weighted by Gasteiger charge is -2.20. The Bertz CT molecular complexity index is 1040. The fourth-order valence-corrected chi connectivity index (χ4v) is 4.07. The van der Waals surface area contributed by atoms with Crippen molar-refractivity contribution in [2.24, 2.45) is 0 Å². The summed E-state index contributed by atoms with van der Waals surface area (Å²) in [5.74, 6) is 0.0759. The molecule has 0 fully saturated rings. The van der Waals surface area contributed by atoms with Gasteiger partial charge in [-0.15, -0.1) is 11.3 Å². The second-order valence-electron chi connectivity index (χ2n) is 6.07. The summed E-state index contributed by atoms with van der Waals surface area (Å²) in [6.07, 6.45) is 3.68. The number of rotatable bonds is 5. The zero-order chi connectivity index (χ0) is 17.9. The van der Waals surface area contributed by atoms with Gasteiger partial charge in [-0.3, -0.25) is 4.79 Å². The fraction of sp³-hybridized carbons (Fsp3) is 0.143. The van der Waals surface area contributed by atoms with Crippen molar-refractivity contribution in [2.75, 3.05) is 6.54 Å². The number of thiophene rings is 1. The van der Waals surface area contributed by atoms with E-state index >= 15 is 0 Å². The van der Waals surface area contributed by atoms with E-state index < -0.39 is 0 Å². The first-order valence-electron chi connectivity index (χ1n) is 8.61. The van der Waals surface area contributed by atoms with Crippen molar-refractivity contribution in [3.05, 3.63) is 77.4 Å². The van der Waals surface area contributed by atoms with E-state index in [1.807, 2.05) is 60.5 Å². The van der Waals surface area contributed by atoms with Gasteiger partial charge in [0.25, 0.3) is 5.91 Å². The molecule has 1 aromatic carbocycles. The number of carbonyl (C=O) groups is 1. The van der Waals surface area contributed by atoms with E-state index in [2.05, 4.69) is 22.1 Å². The molecule has 132 valence electrons. The van der Waals surface area contributed by atoms with E-state index in [0.717, 1.165) is 31.9 Å². The van der Waals surface area contributed by atoms with Gasteiger partial charge in [0.05, 0.1) is 4.88 Å². The first-order chi connectivity index (χ1) is 12.8. The molecule has 4 nitrogen and oxygen atoms in total. The highest BCUT2D eigenvalue weighted by molar-refractivity contribution is 7.17. The minimum absolute atomic E-state index is 0. The molecule has 26 heavy (non-hydrogen) atoms. The van der Waals surface area contributed by atoms with Gasteiger partial charge in [-0.1, -0.05) is 30.3 Å². The van der Waals surface area contributed by atoms with Crippen LogP contribution in [0, 0.1) is 0 Å². The molecule has 0 bridgehead atoms. The van der Waals surface area contributed by atoms with Crippen molar-refractivity contribution < 1.29 is 6.22 Å². The second-order valence-corrected chi connectivity index (χ2v) is 7.15. The van der Waals surface area contributed by atoms with Gasteiger partial charge >= 0.3 is 0 Å². The highest BCUT2D eigenvalue weighted by atomic mass is 32.1. The number of aromatic nitrogens is 2. The maximum Gasteiger partial charge on any atom is 0.264 e. The summed E-state index contributed by atoms with van der Waals surface area (Å²) >= 11 is 1.53. The molecule has 0 unspecified atom stereocenters. The first-order valence-corrected chi connectivity index (χ1v) is 9.43. The van der Waals surface area contributed by atoms with Crippen molar-refractivity contribution in [1.82, 2.24) is 14.9 Å². The third-order valence-corrected chi connectivity index (χ3v) is 5.53. The van der Waals surface area contributed by atoms with Crippen molar-refractivity contribution in [1.29, 1.82) is 0 Å². The monoisotopic (exact) mass is 363 g/mol. The number of pyridine rings is 1. The van der Waals surface area contributed by atoms with Crippen molar-refractivity contribution in [3.63, 3.8) is 0 Å². The molecule has 0 spiro atoms. The molecule has 0 aliphatic heterocycles. The SMILES string of the molecule is CCN(Cc1ccccc1)C(=O)c1ccc(-c2ccnc3[nH]ccc23)s1.[HH]. The summed E-state index contributed by atoms with van der Waals surface area (Å²) in [6.45, 7) is 3.32. The molecule has 0 atom stereocenters. The third kappa shape index (κ3) is 3.13. The van der Waals surface area contributed by atoms with Crippen LogP contribution in [0.3, 0.4) is 0 Å². The van der Waals surface area contributed by atoms with Gasteiger partial charge in [-0.05, 0) is 36.8 Å². The molecule has 1 N–H and O–H groups in total. The van der Waals surface area contributed by atoms with Gasteiger partial charge in [0, 0.05) is 42.7 Å². The molecule has 0 aliphatic carbocycles. The number of hydrogen-bond acceptors (Lipinski definition) is 3. The fourth-order valence-electron chi connectivity index (χ4n) is 3.06. The molecule has 0 saturated heterocycles. The number of H-pyrrole nitrogens is 1. The number of nitrogens with one attached hydrogen (secondary N) is 1. The largest absolute Gasteiger partial charge is 0.346 e. The topological polar surface area (TPSA) is 49.0 Å². The highest BCUT2D eigenvalue weighted by Gasteiger charge is 2.18. The Labute approximate surface area is 157 Å². The van der Waals surface area contributed by atoms with Crippen molar-refractivity contribution >= 4 is 28.3 Å². The molecule has 4 aromatic rings. The van der Waals surface area contributed by atoms with E-state index in [0.29, 0.717) is 13.1 Å². The van der Waals surface area contributed by atoms with Crippen LogP contribution in [-0.2, 0) is 6.54 Å². The number of hydrogen-bond donors (Lipinski definition) is 1. The molecular formula is C21H21N3OS. The van der Waals surface area contributed by atoms with Gasteiger partial charge < -0.3 is 9.88 Å². The maximum absolute atomic E-state index is 13.0. The number of carbonyl (C=O) groups excluding carboxylic acids is 1. The minimum atomic E-state index is 0. The lowest BCUT2D eigenvalue weighted by Crippen LogP contribution is -2.29. The summed E-state index contributed by atoms with van der Waals surface area (Å²) in [4.78, 5) is 24.1. The number of fused-ring (bicyclic) bond motifs is 1. The molecule has 3 heterocycles. The molecule has 1 amide bonds. The Morgan fingerprint density at radius 1 is 1.15 bits per heavy atom. The third-order valence-electron chi connectivity index (χ3n) is 4.43. The zero-order valence-electron chi connectivity index (χ0n) is 14.5. The van der Waals surface area contributed by atoms with Crippen LogP contribution in [0.4, 0.5) is 0 Å². The van der Waals surface area contributed by atoms with Gasteiger partial charge in [-0.25, -0.2) is 4.98 Å². The van der Waals surface area contributed by atoms with Gasteiger partial charge in [0.15, 0.2) is 0 Å². The highest BCUT2D eigenvalue weighted by Crippen LogP contribution is 2.33. The van der Waals surface area contributed by atoms with Crippen LogP contribution in [0.1, 0.15) is 23.6 Å². The van der Waals surface area contributed by atoms with Gasteiger partial charge in [0.2, 0.25) is 0 Å². The smallest absolute Gasteiger partial charge is 0.264 e. The second kappa shape index (κ2) is 7.14. The van der Waals surface area contributed by atoms with Gasteiger partial charge in [0.1, 0.15) is 5.65 Å². The molecule has 4 rings (SSSR count). The number of aromatic amines is 1. The Hall–Kier alpha value is -2.92. The summed E-state index contributed by atoms with van der Waals surface area (Å²) in [7, 11) is 0. The average Bonchev–Trinajstić information content (AvgIpc) is 3.35. The van der Waals surface area contributed by atoms with E-state index in [1.165, 1.54) is 11.3 Å². The lowest BCUT2D eigenvalue weighted by molar-refractivity contribution is 0.0757. The normalized spacial score (nSPS) is 11.0. The van der Waals surface area contributed by atoms with E-state index in [-0.39, 0.29) is 7.33 Å². The Morgan fingerprint density at radius 3 is 2.81 bits per heavy atom. The zero-order valence-corrected chi connectivity index (χ0v) is 15.3. The predicted molar refractivity (Wildman–Crippen MR) is 108 cm³/mol. The first kappa shape index (κ1) is 16.5. The Balaban J connectivity index is 0.00000210. The summed E-state index contributed by atoms with van der Waals surface area (Å²) in [5.41, 5.74) is 3.11. The van der Waals surface area contributed by atoms with Crippen LogP contribution in [0.2, 0.25) is 0 Å². The van der Waals surface area contributed by atoms with Crippen LogP contribution in [0.25, 0.3) is 21.5 Å². The molecular weight excluding hydrogens is 342 g/mol. The quantitative estimate of drug-likeness (QED) is 0.530. The molecule has 0 radical (unpaired) electrons. The van der Waals surface area contributed by atoms with Crippen LogP contribution in [0.5, 0.6) is 0 Å². The van der Waals surface area contributed by atoms with Crippen LogP contribution < -0.4 is 0 Å². The molecule has 0 aliphatic rings. The lowest BCUT2D eigenvalue weighted by atomic mass is 10.1. The minimum Gasteiger partial charge on any atom is -0.346 e. The molecule has 5 heteroatoms. The summed E-state index contributed by atoms with van der Waals surface area (Å²) in [5, 5.41) is 1.07. The van der Waals surface area contributed by atoms with Crippen molar-refractivity contribution in [3.8, 4) is 10.4 Å². The maximum atomic E-state index is 13.0. The number of nitrogens with zero attached hydrogens (tertiary/aromatic N) is 2. The average molecular weight is 363 g/mol. The van der Waals surface area contributed by atoms with E-state index in [4.69, 9.17) is 0 Å².